The highest BCUT2D eigenvalue weighted by atomic mass is 79.9. The predicted molar refractivity (Wildman–Crippen MR) is 130 cm³/mol. The number of hydrogen-bond donors (Lipinski definition) is 0. The molecule has 1 nitrogen and oxygen atoms in total. The molecule has 4 aromatic rings. The first-order valence-electron chi connectivity index (χ1n) is 9.77. The van der Waals surface area contributed by atoms with Crippen molar-refractivity contribution in [3.8, 4) is 11.1 Å². The lowest BCUT2D eigenvalue weighted by Crippen LogP contribution is -2.14. The molecule has 3 heteroatoms. The molecule has 0 radical (unpaired) electrons. The monoisotopic (exact) mass is 462 g/mol. The first-order valence-corrected chi connectivity index (χ1v) is 12.0. The zero-order valence-corrected chi connectivity index (χ0v) is 19.5. The van der Waals surface area contributed by atoms with Crippen molar-refractivity contribution in [2.24, 2.45) is 0 Å². The molecule has 0 spiro atoms. The van der Waals surface area contributed by atoms with Gasteiger partial charge in [-0.15, -0.1) is 0 Å². The van der Waals surface area contributed by atoms with Gasteiger partial charge in [0, 0.05) is 15.1 Å². The average molecular weight is 463 g/mol. The van der Waals surface area contributed by atoms with E-state index in [0.29, 0.717) is 0 Å². The van der Waals surface area contributed by atoms with Crippen LogP contribution in [0.3, 0.4) is 0 Å². The normalized spacial score (nSPS) is 12.8. The topological polar surface area (TPSA) is 17.1 Å². The van der Waals surface area contributed by atoms with Crippen molar-refractivity contribution in [3.63, 3.8) is 0 Å². The third kappa shape index (κ3) is 4.25. The number of halogens is 1. The fourth-order valence-electron chi connectivity index (χ4n) is 3.57. The van der Waals surface area contributed by atoms with Gasteiger partial charge in [0.15, 0.2) is 0 Å². The SMILES string of the molecule is CC(C)(C)c1ccc([PH](=O)c2cc3ccccc3cc2-c2ccc(Br)cc2)cc1. The summed E-state index contributed by atoms with van der Waals surface area (Å²) in [5, 5.41) is 4.09. The van der Waals surface area contributed by atoms with Crippen molar-refractivity contribution in [2.75, 3.05) is 0 Å². The van der Waals surface area contributed by atoms with Gasteiger partial charge in [-0.05, 0) is 57.1 Å². The van der Waals surface area contributed by atoms with E-state index >= 15 is 0 Å². The molecule has 0 fully saturated rings. The molecular formula is C26H24BrOP. The number of benzene rings is 4. The highest BCUT2D eigenvalue weighted by molar-refractivity contribution is 9.10. The van der Waals surface area contributed by atoms with E-state index in [1.54, 1.807) is 0 Å². The van der Waals surface area contributed by atoms with E-state index in [1.165, 1.54) is 5.56 Å². The predicted octanol–water partition coefficient (Wildman–Crippen LogP) is 7.08. The Labute approximate surface area is 181 Å². The van der Waals surface area contributed by atoms with Crippen LogP contribution < -0.4 is 10.6 Å². The van der Waals surface area contributed by atoms with Crippen LogP contribution >= 0.6 is 23.7 Å². The van der Waals surface area contributed by atoms with Gasteiger partial charge in [-0.2, -0.15) is 0 Å². The van der Waals surface area contributed by atoms with E-state index in [-0.39, 0.29) is 5.41 Å². The van der Waals surface area contributed by atoms with Gasteiger partial charge < -0.3 is 4.57 Å². The van der Waals surface area contributed by atoms with Gasteiger partial charge in [0.2, 0.25) is 0 Å². The van der Waals surface area contributed by atoms with Crippen LogP contribution in [0.1, 0.15) is 26.3 Å². The summed E-state index contributed by atoms with van der Waals surface area (Å²) in [4.78, 5) is 0. The van der Waals surface area contributed by atoms with Gasteiger partial charge in [0.1, 0.15) is 7.80 Å². The van der Waals surface area contributed by atoms with Crippen molar-refractivity contribution >= 4 is 45.1 Å². The molecule has 0 aliphatic carbocycles. The van der Waals surface area contributed by atoms with Crippen molar-refractivity contribution < 1.29 is 4.57 Å². The van der Waals surface area contributed by atoms with Crippen LogP contribution in [0, 0.1) is 0 Å². The molecule has 0 N–H and O–H groups in total. The van der Waals surface area contributed by atoms with Crippen molar-refractivity contribution in [1.29, 1.82) is 0 Å². The Hall–Kier alpha value is -2.15. The van der Waals surface area contributed by atoms with Crippen LogP contribution in [0.2, 0.25) is 0 Å². The van der Waals surface area contributed by atoms with E-state index in [4.69, 9.17) is 0 Å². The first kappa shape index (κ1) is 20.1. The minimum absolute atomic E-state index is 0.0832. The fourth-order valence-corrected chi connectivity index (χ4v) is 5.37. The minimum atomic E-state index is -2.15. The Bertz CT molecular complexity index is 1190. The lowest BCUT2D eigenvalue weighted by Gasteiger charge is -2.19. The molecule has 1 unspecified atom stereocenters. The summed E-state index contributed by atoms with van der Waals surface area (Å²) in [7, 11) is -2.15. The quantitative estimate of drug-likeness (QED) is 0.297. The maximum Gasteiger partial charge on any atom is 0.132 e. The Kier molecular flexibility index (Phi) is 5.51. The van der Waals surface area contributed by atoms with E-state index in [2.05, 4.69) is 85.2 Å². The summed E-state index contributed by atoms with van der Waals surface area (Å²) >= 11 is 3.51. The summed E-state index contributed by atoms with van der Waals surface area (Å²) in [5.41, 5.74) is 3.46. The molecule has 4 rings (SSSR count). The summed E-state index contributed by atoms with van der Waals surface area (Å²) in [5.74, 6) is 0. The van der Waals surface area contributed by atoms with Crippen LogP contribution in [-0.4, -0.2) is 0 Å². The van der Waals surface area contributed by atoms with Crippen molar-refractivity contribution in [1.82, 2.24) is 0 Å². The molecule has 1 atom stereocenters. The Balaban J connectivity index is 1.86. The van der Waals surface area contributed by atoms with Crippen LogP contribution in [0.4, 0.5) is 0 Å². The molecule has 0 aromatic heterocycles. The van der Waals surface area contributed by atoms with Gasteiger partial charge in [-0.25, -0.2) is 0 Å². The largest absolute Gasteiger partial charge is 0.317 e. The Morgan fingerprint density at radius 1 is 0.759 bits per heavy atom. The Morgan fingerprint density at radius 3 is 1.93 bits per heavy atom. The van der Waals surface area contributed by atoms with Gasteiger partial charge >= 0.3 is 0 Å². The smallest absolute Gasteiger partial charge is 0.132 e. The maximum absolute atomic E-state index is 13.7. The molecule has 146 valence electrons. The van der Waals surface area contributed by atoms with Crippen LogP contribution in [0.5, 0.6) is 0 Å². The molecule has 0 saturated carbocycles. The van der Waals surface area contributed by atoms with E-state index in [9.17, 15) is 4.57 Å². The second kappa shape index (κ2) is 7.94. The summed E-state index contributed by atoms with van der Waals surface area (Å²) in [6.07, 6.45) is 0. The second-order valence-electron chi connectivity index (χ2n) is 8.41. The third-order valence-corrected chi connectivity index (χ3v) is 7.59. The molecule has 29 heavy (non-hydrogen) atoms. The highest BCUT2D eigenvalue weighted by Gasteiger charge is 2.17. The lowest BCUT2D eigenvalue weighted by atomic mass is 9.87. The summed E-state index contributed by atoms with van der Waals surface area (Å²) < 4.78 is 14.7. The molecular weight excluding hydrogens is 439 g/mol. The highest BCUT2D eigenvalue weighted by Crippen LogP contribution is 2.32. The maximum atomic E-state index is 13.7. The second-order valence-corrected chi connectivity index (χ2v) is 11.1. The Morgan fingerprint density at radius 2 is 1.34 bits per heavy atom. The molecule has 0 bridgehead atoms. The molecule has 0 heterocycles. The van der Waals surface area contributed by atoms with Crippen LogP contribution in [0.15, 0.2) is 89.4 Å². The molecule has 4 aromatic carbocycles. The standard InChI is InChI=1S/C26H24BrOP/c1-26(2,3)21-10-14-23(15-11-21)29(28)25-17-20-7-5-4-6-19(20)16-24(25)18-8-12-22(27)13-9-18/h4-17,29H,1-3H3. The van der Waals surface area contributed by atoms with Crippen molar-refractivity contribution in [3.05, 3.63) is 95.0 Å². The van der Waals surface area contributed by atoms with E-state index in [0.717, 1.165) is 37.0 Å². The molecule has 0 amide bonds. The van der Waals surface area contributed by atoms with E-state index in [1.807, 2.05) is 36.4 Å². The average Bonchev–Trinajstić information content (AvgIpc) is 2.72. The van der Waals surface area contributed by atoms with Gasteiger partial charge in [-0.3, -0.25) is 0 Å². The van der Waals surface area contributed by atoms with Crippen LogP contribution in [-0.2, 0) is 9.98 Å². The number of hydrogen-bond acceptors (Lipinski definition) is 1. The van der Waals surface area contributed by atoms with Gasteiger partial charge in [-0.1, -0.05) is 97.4 Å². The number of rotatable bonds is 3. The van der Waals surface area contributed by atoms with Crippen molar-refractivity contribution in [2.45, 2.75) is 26.2 Å². The van der Waals surface area contributed by atoms with Gasteiger partial charge in [0.25, 0.3) is 0 Å². The minimum Gasteiger partial charge on any atom is -0.317 e. The fraction of sp³-hybridized carbons (Fsp3) is 0.154. The lowest BCUT2D eigenvalue weighted by molar-refractivity contribution is 0.590. The number of fused-ring (bicyclic) bond motifs is 1. The zero-order chi connectivity index (χ0) is 20.6. The molecule has 0 aliphatic rings. The summed E-state index contributed by atoms with van der Waals surface area (Å²) in [6.45, 7) is 6.58. The van der Waals surface area contributed by atoms with Crippen LogP contribution in [0.25, 0.3) is 21.9 Å². The third-order valence-electron chi connectivity index (χ3n) is 5.30. The first-order chi connectivity index (χ1) is 13.8. The zero-order valence-electron chi connectivity index (χ0n) is 16.9. The molecule has 0 aliphatic heterocycles. The molecule has 0 saturated heterocycles. The van der Waals surface area contributed by atoms with Gasteiger partial charge in [0.05, 0.1) is 0 Å². The van der Waals surface area contributed by atoms with E-state index < -0.39 is 7.80 Å². The summed E-state index contributed by atoms with van der Waals surface area (Å²) in [6, 6.07) is 29.0.